The van der Waals surface area contributed by atoms with Crippen molar-refractivity contribution in [3.05, 3.63) is 128 Å². The van der Waals surface area contributed by atoms with Gasteiger partial charge in [0.2, 0.25) is 5.56 Å². The zero-order valence-corrected chi connectivity index (χ0v) is 38.3. The number of hydrogen-bond donors (Lipinski definition) is 4. The van der Waals surface area contributed by atoms with Crippen molar-refractivity contribution >= 4 is 52.6 Å². The van der Waals surface area contributed by atoms with Gasteiger partial charge in [-0.25, -0.2) is 4.79 Å². The molecule has 11 nitrogen and oxygen atoms in total. The van der Waals surface area contributed by atoms with Crippen molar-refractivity contribution < 1.29 is 19.4 Å². The second kappa shape index (κ2) is 18.0. The van der Waals surface area contributed by atoms with Crippen molar-refractivity contribution in [2.75, 3.05) is 31.1 Å². The van der Waals surface area contributed by atoms with Crippen LogP contribution in [0.5, 0.6) is 5.75 Å². The first-order chi connectivity index (χ1) is 29.7. The molecule has 3 aliphatic heterocycles. The van der Waals surface area contributed by atoms with Crippen LogP contribution in [0, 0.1) is 5.92 Å². The number of unbranched alkanes of at least 4 members (excludes halogenated alkanes) is 1. The Morgan fingerprint density at radius 2 is 1.73 bits per heavy atom. The highest BCUT2D eigenvalue weighted by Crippen LogP contribution is 2.42. The third kappa shape index (κ3) is 9.18. The fraction of sp³-hybridized carbons (Fsp3) is 0.408. The minimum atomic E-state index is -2.24. The summed E-state index contributed by atoms with van der Waals surface area (Å²) in [6.45, 7) is 15.6. The number of aromatic nitrogens is 2. The van der Waals surface area contributed by atoms with Gasteiger partial charge < -0.3 is 29.8 Å². The Kier molecular flexibility index (Phi) is 12.6. The summed E-state index contributed by atoms with van der Waals surface area (Å²) in [6.07, 6.45) is 3.27. The van der Waals surface area contributed by atoms with Gasteiger partial charge >= 0.3 is 11.0 Å². The van der Waals surface area contributed by atoms with Gasteiger partial charge in [-0.05, 0) is 122 Å². The molecule has 5 heterocycles. The largest absolute Gasteiger partial charge is 0.506 e. The minimum Gasteiger partial charge on any atom is -0.506 e. The van der Waals surface area contributed by atoms with E-state index < -0.39 is 14.4 Å². The summed E-state index contributed by atoms with van der Waals surface area (Å²) in [5.41, 5.74) is 6.80. The van der Waals surface area contributed by atoms with E-state index >= 15 is 0 Å². The molecule has 326 valence electrons. The molecule has 62 heavy (non-hydrogen) atoms. The topological polar surface area (TPSA) is 140 Å². The number of rotatable bonds is 15. The fourth-order valence-electron chi connectivity index (χ4n) is 9.11. The molecule has 4 N–H and O–H groups in total. The summed E-state index contributed by atoms with van der Waals surface area (Å²) in [5.74, 6) is 0.382. The van der Waals surface area contributed by atoms with Crippen molar-refractivity contribution in [1.82, 2.24) is 19.8 Å². The van der Waals surface area contributed by atoms with Crippen LogP contribution >= 0.6 is 11.3 Å². The van der Waals surface area contributed by atoms with Gasteiger partial charge in [0.15, 0.2) is 8.32 Å². The minimum absolute atomic E-state index is 0.0197. The summed E-state index contributed by atoms with van der Waals surface area (Å²) in [5, 5.41) is 25.6. The second-order valence-electron chi connectivity index (χ2n) is 18.6. The van der Waals surface area contributed by atoms with Crippen LogP contribution in [0.2, 0.25) is 18.1 Å². The monoisotopic (exact) mass is 873 g/mol. The van der Waals surface area contributed by atoms with Crippen LogP contribution in [0.3, 0.4) is 0 Å². The zero-order valence-electron chi connectivity index (χ0n) is 36.4. The number of amides is 1. The molecule has 2 atom stereocenters. The van der Waals surface area contributed by atoms with E-state index in [0.717, 1.165) is 101 Å². The normalized spacial score (nSPS) is 18.4. The molecule has 0 radical (unpaired) electrons. The molecule has 9 rings (SSSR count). The number of aromatic hydroxyl groups is 1. The summed E-state index contributed by atoms with van der Waals surface area (Å²) in [4.78, 5) is 45.4. The first-order valence-corrected chi connectivity index (χ1v) is 25.7. The lowest BCUT2D eigenvalue weighted by atomic mass is 9.82. The maximum atomic E-state index is 13.3. The van der Waals surface area contributed by atoms with Crippen molar-refractivity contribution in [2.45, 2.75) is 96.2 Å². The molecule has 3 fully saturated rings. The maximum absolute atomic E-state index is 13.3. The Bertz CT molecular complexity index is 2680. The molecule has 0 aliphatic carbocycles. The van der Waals surface area contributed by atoms with Gasteiger partial charge in [0.05, 0.1) is 33.6 Å². The molecule has 4 aromatic carbocycles. The average Bonchev–Trinajstić information content (AvgIpc) is 3.56. The van der Waals surface area contributed by atoms with Gasteiger partial charge in [0.25, 0.3) is 0 Å². The van der Waals surface area contributed by atoms with E-state index in [0.29, 0.717) is 31.1 Å². The standard InChI is InChI=1S/C49H59N5O6SSi/c1-49(2,3)62(4,5)60-43(37-17-20-42(55)46-38(37)18-21-45(56)51-46)30-50-29-33-15-19-39-44(28-33)61-48(59)53(39)24-10-9-11-32-14-16-36(34-12-7-6-8-13-34)40(27-32)54(47(57)58)41-31-52-25-22-35(41)23-26-52/h6-8,12-21,27-28,35,41,43,50,55H,9-11,22-26,29-31H2,1-5H3,(H,51,56)(H,57,58)/t41-,43-/m0/s1. The molecule has 0 saturated carbocycles. The van der Waals surface area contributed by atoms with Gasteiger partial charge in [-0.1, -0.05) is 86.7 Å². The number of carbonyl (C=O) groups is 1. The summed E-state index contributed by atoms with van der Waals surface area (Å²) >= 11 is 1.27. The number of nitrogens with one attached hydrogen (secondary N) is 2. The number of phenols is 1. The molecule has 1 amide bonds. The van der Waals surface area contributed by atoms with Crippen molar-refractivity contribution in [1.29, 1.82) is 0 Å². The molecule has 2 bridgehead atoms. The van der Waals surface area contributed by atoms with Gasteiger partial charge in [-0.2, -0.15) is 0 Å². The van der Waals surface area contributed by atoms with E-state index in [1.807, 2.05) is 47.0 Å². The quantitative estimate of drug-likeness (QED) is 0.0591. The van der Waals surface area contributed by atoms with Gasteiger partial charge in [-0.3, -0.25) is 19.1 Å². The number of nitrogens with zero attached hydrogens (tertiary/aromatic N) is 3. The van der Waals surface area contributed by atoms with Crippen LogP contribution < -0.4 is 20.6 Å². The molecular formula is C49H59N5O6SSi. The molecule has 3 aliphatic rings. The van der Waals surface area contributed by atoms with E-state index in [2.05, 4.69) is 79.4 Å². The van der Waals surface area contributed by atoms with Crippen LogP contribution in [0.15, 0.2) is 101 Å². The number of fused-ring (bicyclic) bond motifs is 5. The number of pyridine rings is 1. The lowest BCUT2D eigenvalue weighted by molar-refractivity contribution is 0.0837. The number of aromatic amines is 1. The molecule has 2 aromatic heterocycles. The SMILES string of the molecule is CC(C)(C)[Si](C)(C)O[C@@H](CNCc1ccc2c(c1)sc(=O)n2CCCCc1ccc(-c2ccccc2)c(N(C(=O)O)[C@H]2CN3CCC2CC3)c1)c1ccc(O)c2[nH]c(=O)ccc12. The highest BCUT2D eigenvalue weighted by atomic mass is 32.1. The molecular weight excluding hydrogens is 815 g/mol. The highest BCUT2D eigenvalue weighted by molar-refractivity contribution is 7.16. The van der Waals surface area contributed by atoms with Crippen molar-refractivity contribution in [3.63, 3.8) is 0 Å². The highest BCUT2D eigenvalue weighted by Gasteiger charge is 2.41. The van der Waals surface area contributed by atoms with Gasteiger partial charge in [0.1, 0.15) is 5.75 Å². The number of carboxylic acid groups (broad SMARTS) is 1. The summed E-state index contributed by atoms with van der Waals surface area (Å²) < 4.78 is 9.81. The van der Waals surface area contributed by atoms with Crippen LogP contribution in [-0.4, -0.2) is 71.3 Å². The third-order valence-electron chi connectivity index (χ3n) is 13.6. The smallest absolute Gasteiger partial charge is 0.412 e. The van der Waals surface area contributed by atoms with Crippen LogP contribution in [0.4, 0.5) is 10.5 Å². The van der Waals surface area contributed by atoms with E-state index in [1.54, 1.807) is 17.0 Å². The zero-order chi connectivity index (χ0) is 43.8. The van der Waals surface area contributed by atoms with E-state index in [1.165, 1.54) is 17.4 Å². The number of phenolic OH excluding ortho intramolecular Hbond substituents is 1. The second-order valence-corrected chi connectivity index (χ2v) is 24.4. The molecule has 0 spiro atoms. The number of benzene rings is 4. The average molecular weight is 874 g/mol. The predicted octanol–water partition coefficient (Wildman–Crippen LogP) is 9.73. The molecule has 13 heteroatoms. The lowest BCUT2D eigenvalue weighted by Gasteiger charge is -2.48. The number of H-pyrrole nitrogens is 1. The Labute approximate surface area is 368 Å². The maximum Gasteiger partial charge on any atom is 0.412 e. The third-order valence-corrected chi connectivity index (χ3v) is 19.0. The van der Waals surface area contributed by atoms with Crippen LogP contribution in [0.1, 0.15) is 69.2 Å². The van der Waals surface area contributed by atoms with Gasteiger partial charge in [0, 0.05) is 43.2 Å². The summed E-state index contributed by atoms with van der Waals surface area (Å²) in [7, 11) is -2.24. The first kappa shape index (κ1) is 43.6. The van der Waals surface area contributed by atoms with Crippen LogP contribution in [-0.2, 0) is 23.9 Å². The Hall–Kier alpha value is -5.05. The Morgan fingerprint density at radius 1 is 0.968 bits per heavy atom. The summed E-state index contributed by atoms with van der Waals surface area (Å²) in [6, 6.07) is 29.2. The van der Waals surface area contributed by atoms with Crippen LogP contribution in [0.25, 0.3) is 32.2 Å². The Balaban J connectivity index is 0.942. The van der Waals surface area contributed by atoms with E-state index in [9.17, 15) is 24.6 Å². The predicted molar refractivity (Wildman–Crippen MR) is 253 cm³/mol. The molecule has 0 unspecified atom stereocenters. The van der Waals surface area contributed by atoms with Crippen molar-refractivity contribution in [2.24, 2.45) is 5.92 Å². The number of anilines is 1. The van der Waals surface area contributed by atoms with Crippen molar-refractivity contribution in [3.8, 4) is 16.9 Å². The molecule has 6 aromatic rings. The first-order valence-electron chi connectivity index (χ1n) is 22.0. The number of hydrogen-bond acceptors (Lipinski definition) is 8. The Morgan fingerprint density at radius 3 is 2.44 bits per heavy atom. The van der Waals surface area contributed by atoms with E-state index in [-0.39, 0.29) is 33.4 Å². The number of aryl methyl sites for hydroxylation is 2. The molecule has 3 saturated heterocycles. The number of thiazole rings is 1. The van der Waals surface area contributed by atoms with Gasteiger partial charge in [-0.15, -0.1) is 0 Å². The fourth-order valence-corrected chi connectivity index (χ4v) is 11.4. The number of piperidine rings is 3. The lowest BCUT2D eigenvalue weighted by Crippen LogP contribution is -2.59. The van der Waals surface area contributed by atoms with E-state index in [4.69, 9.17) is 4.43 Å².